The molecule has 0 fully saturated rings. The second kappa shape index (κ2) is 5.91. The predicted octanol–water partition coefficient (Wildman–Crippen LogP) is 3.13. The summed E-state index contributed by atoms with van der Waals surface area (Å²) in [5.41, 5.74) is 2.50. The number of imidazole rings is 1. The standard InChI is InChI=1S/C14H18BrN5/c1-2-7-16-13-12(15)14(18-8-17-13)20-9-19-10-5-3-4-6-11(10)20/h8-9H,2-7H2,1H3,(H,16,17,18). The molecule has 3 rings (SSSR count). The summed E-state index contributed by atoms with van der Waals surface area (Å²) in [5, 5.41) is 3.31. The van der Waals surface area contributed by atoms with Gasteiger partial charge in [0, 0.05) is 12.2 Å². The number of aryl methyl sites for hydroxylation is 1. The fraction of sp³-hybridized carbons (Fsp3) is 0.500. The van der Waals surface area contributed by atoms with E-state index in [-0.39, 0.29) is 0 Å². The Hall–Kier alpha value is -1.43. The summed E-state index contributed by atoms with van der Waals surface area (Å²) in [6.07, 6.45) is 9.16. The number of nitrogens with zero attached hydrogens (tertiary/aromatic N) is 4. The lowest BCUT2D eigenvalue weighted by molar-refractivity contribution is 0.653. The van der Waals surface area contributed by atoms with Gasteiger partial charge in [0.2, 0.25) is 0 Å². The van der Waals surface area contributed by atoms with E-state index in [1.54, 1.807) is 6.33 Å². The van der Waals surface area contributed by atoms with Crippen molar-refractivity contribution in [3.8, 4) is 5.82 Å². The summed E-state index contributed by atoms with van der Waals surface area (Å²) in [7, 11) is 0. The minimum Gasteiger partial charge on any atom is -0.369 e. The van der Waals surface area contributed by atoms with E-state index < -0.39 is 0 Å². The van der Waals surface area contributed by atoms with Crippen LogP contribution in [0.1, 0.15) is 37.6 Å². The van der Waals surface area contributed by atoms with Gasteiger partial charge in [-0.2, -0.15) is 0 Å². The summed E-state index contributed by atoms with van der Waals surface area (Å²) < 4.78 is 3.00. The summed E-state index contributed by atoms with van der Waals surface area (Å²) in [5.74, 6) is 1.71. The van der Waals surface area contributed by atoms with Gasteiger partial charge in [-0.15, -0.1) is 0 Å². The van der Waals surface area contributed by atoms with E-state index in [9.17, 15) is 0 Å². The second-order valence-electron chi connectivity index (χ2n) is 5.00. The first-order valence-electron chi connectivity index (χ1n) is 7.11. The Morgan fingerprint density at radius 1 is 1.25 bits per heavy atom. The molecule has 6 heteroatoms. The highest BCUT2D eigenvalue weighted by molar-refractivity contribution is 9.10. The van der Waals surface area contributed by atoms with Gasteiger partial charge in [0.25, 0.3) is 0 Å². The number of halogens is 1. The quantitative estimate of drug-likeness (QED) is 0.932. The molecule has 5 nitrogen and oxygen atoms in total. The Balaban J connectivity index is 2.00. The van der Waals surface area contributed by atoms with Crippen LogP contribution < -0.4 is 5.32 Å². The molecule has 1 N–H and O–H groups in total. The number of rotatable bonds is 4. The largest absolute Gasteiger partial charge is 0.369 e. The van der Waals surface area contributed by atoms with E-state index in [2.05, 4.69) is 47.7 Å². The second-order valence-corrected chi connectivity index (χ2v) is 5.79. The van der Waals surface area contributed by atoms with Gasteiger partial charge in [0.1, 0.15) is 22.9 Å². The lowest BCUT2D eigenvalue weighted by atomic mass is 10.0. The highest BCUT2D eigenvalue weighted by Gasteiger charge is 2.19. The Labute approximate surface area is 127 Å². The average Bonchev–Trinajstić information content (AvgIpc) is 2.90. The van der Waals surface area contributed by atoms with Gasteiger partial charge in [-0.1, -0.05) is 6.92 Å². The molecule has 2 aromatic rings. The SMILES string of the molecule is CCCNc1ncnc(-n2cnc3c2CCCC3)c1Br. The van der Waals surface area contributed by atoms with Crippen LogP contribution in [0.3, 0.4) is 0 Å². The summed E-state index contributed by atoms with van der Waals surface area (Å²) >= 11 is 3.62. The van der Waals surface area contributed by atoms with E-state index in [0.29, 0.717) is 0 Å². The van der Waals surface area contributed by atoms with Crippen molar-refractivity contribution < 1.29 is 0 Å². The summed E-state index contributed by atoms with van der Waals surface area (Å²) in [6.45, 7) is 3.03. The number of fused-ring (bicyclic) bond motifs is 1. The van der Waals surface area contributed by atoms with E-state index in [1.165, 1.54) is 24.2 Å². The van der Waals surface area contributed by atoms with Gasteiger partial charge < -0.3 is 5.32 Å². The van der Waals surface area contributed by atoms with Crippen molar-refractivity contribution in [3.63, 3.8) is 0 Å². The number of hydrogen-bond acceptors (Lipinski definition) is 4. The van der Waals surface area contributed by atoms with E-state index in [4.69, 9.17) is 0 Å². The van der Waals surface area contributed by atoms with Crippen LogP contribution in [0.15, 0.2) is 17.1 Å². The Morgan fingerprint density at radius 3 is 2.95 bits per heavy atom. The molecule has 2 heterocycles. The fourth-order valence-electron chi connectivity index (χ4n) is 2.55. The first kappa shape index (κ1) is 13.5. The molecule has 0 spiro atoms. The van der Waals surface area contributed by atoms with E-state index >= 15 is 0 Å². The molecule has 0 saturated carbocycles. The molecule has 1 aliphatic carbocycles. The maximum atomic E-state index is 4.53. The zero-order valence-corrected chi connectivity index (χ0v) is 13.2. The molecule has 2 aromatic heterocycles. The monoisotopic (exact) mass is 335 g/mol. The lowest BCUT2D eigenvalue weighted by Gasteiger charge is -2.15. The number of aromatic nitrogens is 4. The van der Waals surface area contributed by atoms with Crippen LogP contribution in [0, 0.1) is 0 Å². The Morgan fingerprint density at radius 2 is 2.10 bits per heavy atom. The number of hydrogen-bond donors (Lipinski definition) is 1. The third-order valence-corrected chi connectivity index (χ3v) is 4.30. The zero-order valence-electron chi connectivity index (χ0n) is 11.6. The maximum Gasteiger partial charge on any atom is 0.158 e. The fourth-order valence-corrected chi connectivity index (χ4v) is 3.08. The molecule has 0 saturated heterocycles. The third-order valence-electron chi connectivity index (χ3n) is 3.57. The molecule has 0 radical (unpaired) electrons. The third kappa shape index (κ3) is 2.44. The van der Waals surface area contributed by atoms with Crippen molar-refractivity contribution >= 4 is 21.7 Å². The Kier molecular flexibility index (Phi) is 4.00. The minimum atomic E-state index is 0.843. The molecular formula is C14H18BrN5. The molecule has 106 valence electrons. The van der Waals surface area contributed by atoms with E-state index in [1.807, 2.05) is 6.33 Å². The van der Waals surface area contributed by atoms with Gasteiger partial charge in [-0.05, 0) is 48.0 Å². The first-order valence-corrected chi connectivity index (χ1v) is 7.90. The predicted molar refractivity (Wildman–Crippen MR) is 82.3 cm³/mol. The molecule has 0 aromatic carbocycles. The molecule has 0 amide bonds. The summed E-state index contributed by atoms with van der Waals surface area (Å²) in [4.78, 5) is 13.2. The number of nitrogens with one attached hydrogen (secondary N) is 1. The molecule has 0 unspecified atom stereocenters. The molecular weight excluding hydrogens is 318 g/mol. The van der Waals surface area contributed by atoms with Gasteiger partial charge >= 0.3 is 0 Å². The average molecular weight is 336 g/mol. The molecule has 0 atom stereocenters. The van der Waals surface area contributed by atoms with Crippen molar-refractivity contribution in [1.82, 2.24) is 19.5 Å². The topological polar surface area (TPSA) is 55.6 Å². The molecule has 1 aliphatic rings. The summed E-state index contributed by atoms with van der Waals surface area (Å²) in [6, 6.07) is 0. The van der Waals surface area contributed by atoms with Gasteiger partial charge in [-0.3, -0.25) is 4.57 Å². The van der Waals surface area contributed by atoms with Gasteiger partial charge in [0.05, 0.1) is 5.69 Å². The van der Waals surface area contributed by atoms with Crippen LogP contribution in [-0.2, 0) is 12.8 Å². The van der Waals surface area contributed by atoms with Crippen LogP contribution in [0.25, 0.3) is 5.82 Å². The molecule has 0 bridgehead atoms. The maximum absolute atomic E-state index is 4.53. The van der Waals surface area contributed by atoms with Crippen LogP contribution in [0.5, 0.6) is 0 Å². The highest BCUT2D eigenvalue weighted by Crippen LogP contribution is 2.29. The lowest BCUT2D eigenvalue weighted by Crippen LogP contribution is -2.10. The van der Waals surface area contributed by atoms with E-state index in [0.717, 1.165) is 41.9 Å². The molecule has 20 heavy (non-hydrogen) atoms. The van der Waals surface area contributed by atoms with Crippen molar-refractivity contribution in [1.29, 1.82) is 0 Å². The van der Waals surface area contributed by atoms with Crippen molar-refractivity contribution in [2.75, 3.05) is 11.9 Å². The Bertz CT molecular complexity index is 608. The van der Waals surface area contributed by atoms with Crippen molar-refractivity contribution in [3.05, 3.63) is 28.5 Å². The van der Waals surface area contributed by atoms with Crippen LogP contribution in [0.2, 0.25) is 0 Å². The smallest absolute Gasteiger partial charge is 0.158 e. The normalized spacial score (nSPS) is 14.1. The first-order chi connectivity index (χ1) is 9.81. The van der Waals surface area contributed by atoms with Crippen molar-refractivity contribution in [2.24, 2.45) is 0 Å². The van der Waals surface area contributed by atoms with Crippen molar-refractivity contribution in [2.45, 2.75) is 39.0 Å². The molecule has 0 aliphatic heterocycles. The zero-order chi connectivity index (χ0) is 13.9. The van der Waals surface area contributed by atoms with Crippen LogP contribution in [0.4, 0.5) is 5.82 Å². The van der Waals surface area contributed by atoms with Crippen LogP contribution >= 0.6 is 15.9 Å². The highest BCUT2D eigenvalue weighted by atomic mass is 79.9. The van der Waals surface area contributed by atoms with Gasteiger partial charge in [-0.25, -0.2) is 15.0 Å². The minimum absolute atomic E-state index is 0.843. The van der Waals surface area contributed by atoms with Gasteiger partial charge in [0.15, 0.2) is 5.82 Å². The van der Waals surface area contributed by atoms with Crippen LogP contribution in [-0.4, -0.2) is 26.1 Å². The number of anilines is 1.